The van der Waals surface area contributed by atoms with Gasteiger partial charge in [0.25, 0.3) is 0 Å². The first-order chi connectivity index (χ1) is 11.8. The molecule has 134 valence electrons. The highest BCUT2D eigenvalue weighted by molar-refractivity contribution is 7.89. The summed E-state index contributed by atoms with van der Waals surface area (Å²) in [5, 5.41) is 0. The van der Waals surface area contributed by atoms with Crippen LogP contribution in [0.1, 0.15) is 30.5 Å². The van der Waals surface area contributed by atoms with Gasteiger partial charge in [0.1, 0.15) is 0 Å². The summed E-state index contributed by atoms with van der Waals surface area (Å²) in [7, 11) is -2.38. The van der Waals surface area contributed by atoms with Crippen molar-refractivity contribution in [2.75, 3.05) is 7.11 Å². The van der Waals surface area contributed by atoms with Crippen LogP contribution in [0.3, 0.4) is 0 Å². The van der Waals surface area contributed by atoms with E-state index in [1.54, 1.807) is 31.2 Å². The molecule has 0 unspecified atom stereocenters. The van der Waals surface area contributed by atoms with E-state index < -0.39 is 22.0 Å². The van der Waals surface area contributed by atoms with E-state index in [1.165, 1.54) is 7.11 Å². The second-order valence-corrected chi connectivity index (χ2v) is 7.77. The van der Waals surface area contributed by atoms with Gasteiger partial charge in [0.15, 0.2) is 0 Å². The Hall–Kier alpha value is -2.18. The molecule has 2 atom stereocenters. The molecule has 0 aliphatic carbocycles. The number of esters is 1. The molecule has 0 amide bonds. The Balaban J connectivity index is 2.29. The quantitative estimate of drug-likeness (QED) is 0.769. The SMILES string of the molecule is COC(=O)[C@@H](C)C[C@@H](NS(=O)(=O)c1ccc(C)cc1)c1ccccc1. The van der Waals surface area contributed by atoms with Gasteiger partial charge in [0.05, 0.1) is 17.9 Å². The topological polar surface area (TPSA) is 72.5 Å². The lowest BCUT2D eigenvalue weighted by Crippen LogP contribution is -2.31. The number of methoxy groups -OCH3 is 1. The first kappa shape index (κ1) is 19.1. The summed E-state index contributed by atoms with van der Waals surface area (Å²) in [6.07, 6.45) is 0.307. The number of hydrogen-bond donors (Lipinski definition) is 1. The number of hydrogen-bond acceptors (Lipinski definition) is 4. The molecule has 0 bridgehead atoms. The number of ether oxygens (including phenoxy) is 1. The maximum absolute atomic E-state index is 12.7. The van der Waals surface area contributed by atoms with Crippen LogP contribution in [0.2, 0.25) is 0 Å². The first-order valence-corrected chi connectivity index (χ1v) is 9.53. The normalized spacial score (nSPS) is 13.9. The number of aryl methyl sites for hydroxylation is 1. The molecule has 2 rings (SSSR count). The highest BCUT2D eigenvalue weighted by Gasteiger charge is 2.25. The summed E-state index contributed by atoms with van der Waals surface area (Å²) in [5.74, 6) is -0.800. The lowest BCUT2D eigenvalue weighted by molar-refractivity contribution is -0.145. The van der Waals surface area contributed by atoms with Crippen molar-refractivity contribution in [3.8, 4) is 0 Å². The van der Waals surface area contributed by atoms with Crippen LogP contribution in [0.5, 0.6) is 0 Å². The highest BCUT2D eigenvalue weighted by atomic mass is 32.2. The zero-order valence-corrected chi connectivity index (χ0v) is 15.4. The maximum Gasteiger partial charge on any atom is 0.308 e. The summed E-state index contributed by atoms with van der Waals surface area (Å²) in [6.45, 7) is 3.62. The van der Waals surface area contributed by atoms with Gasteiger partial charge in [-0.2, -0.15) is 0 Å². The van der Waals surface area contributed by atoms with Gasteiger partial charge in [-0.15, -0.1) is 0 Å². The molecular formula is C19H23NO4S. The van der Waals surface area contributed by atoms with Crippen molar-refractivity contribution in [2.24, 2.45) is 5.92 Å². The highest BCUT2D eigenvalue weighted by Crippen LogP contribution is 2.24. The minimum Gasteiger partial charge on any atom is -0.469 e. The van der Waals surface area contributed by atoms with Crippen LogP contribution in [0, 0.1) is 12.8 Å². The van der Waals surface area contributed by atoms with Crippen molar-refractivity contribution in [1.82, 2.24) is 4.72 Å². The Kier molecular flexibility index (Phi) is 6.33. The predicted octanol–water partition coefficient (Wildman–Crippen LogP) is 3.21. The Bertz CT molecular complexity index is 801. The van der Waals surface area contributed by atoms with Crippen LogP contribution >= 0.6 is 0 Å². The van der Waals surface area contributed by atoms with E-state index in [0.29, 0.717) is 6.42 Å². The van der Waals surface area contributed by atoms with Gasteiger partial charge in [-0.25, -0.2) is 13.1 Å². The van der Waals surface area contributed by atoms with E-state index in [1.807, 2.05) is 37.3 Å². The molecule has 0 spiro atoms. The molecule has 0 aliphatic heterocycles. The minimum atomic E-state index is -3.70. The van der Waals surface area contributed by atoms with Gasteiger partial charge in [0, 0.05) is 6.04 Å². The lowest BCUT2D eigenvalue weighted by atomic mass is 9.97. The third-order valence-corrected chi connectivity index (χ3v) is 5.51. The van der Waals surface area contributed by atoms with Crippen LogP contribution in [-0.4, -0.2) is 21.5 Å². The number of nitrogens with one attached hydrogen (secondary N) is 1. The van der Waals surface area contributed by atoms with Crippen molar-refractivity contribution in [1.29, 1.82) is 0 Å². The fourth-order valence-electron chi connectivity index (χ4n) is 2.56. The fraction of sp³-hybridized carbons (Fsp3) is 0.316. The predicted molar refractivity (Wildman–Crippen MR) is 96.5 cm³/mol. The number of rotatable bonds is 7. The fourth-order valence-corrected chi connectivity index (χ4v) is 3.80. The summed E-state index contributed by atoms with van der Waals surface area (Å²) < 4.78 is 32.9. The molecule has 25 heavy (non-hydrogen) atoms. The van der Waals surface area contributed by atoms with Crippen molar-refractivity contribution in [3.63, 3.8) is 0 Å². The van der Waals surface area contributed by atoms with Crippen molar-refractivity contribution >= 4 is 16.0 Å². The van der Waals surface area contributed by atoms with Crippen LogP contribution < -0.4 is 4.72 Å². The van der Waals surface area contributed by atoms with Gasteiger partial charge in [-0.05, 0) is 31.0 Å². The molecule has 6 heteroatoms. The van der Waals surface area contributed by atoms with Gasteiger partial charge >= 0.3 is 5.97 Å². The average Bonchev–Trinajstić information content (AvgIpc) is 2.61. The van der Waals surface area contributed by atoms with E-state index in [0.717, 1.165) is 11.1 Å². The Morgan fingerprint density at radius 3 is 2.24 bits per heavy atom. The van der Waals surface area contributed by atoms with E-state index in [2.05, 4.69) is 4.72 Å². The largest absolute Gasteiger partial charge is 0.469 e. The summed E-state index contributed by atoms with van der Waals surface area (Å²) >= 11 is 0. The van der Waals surface area contributed by atoms with Crippen molar-refractivity contribution < 1.29 is 17.9 Å². The Labute approximate surface area is 149 Å². The van der Waals surface area contributed by atoms with Crippen LogP contribution in [0.25, 0.3) is 0 Å². The summed E-state index contributed by atoms with van der Waals surface area (Å²) in [5.41, 5.74) is 1.78. The molecule has 2 aromatic carbocycles. The lowest BCUT2D eigenvalue weighted by Gasteiger charge is -2.22. The molecule has 0 heterocycles. The third kappa shape index (κ3) is 5.14. The van der Waals surface area contributed by atoms with E-state index in [4.69, 9.17) is 4.74 Å². The van der Waals surface area contributed by atoms with Crippen LogP contribution in [0.4, 0.5) is 0 Å². The molecule has 1 N–H and O–H groups in total. The molecule has 2 aromatic rings. The molecule has 5 nitrogen and oxygen atoms in total. The summed E-state index contributed by atoms with van der Waals surface area (Å²) in [6, 6.07) is 15.3. The molecule has 0 saturated carbocycles. The van der Waals surface area contributed by atoms with Gasteiger partial charge < -0.3 is 4.74 Å². The average molecular weight is 361 g/mol. The zero-order chi connectivity index (χ0) is 18.4. The monoisotopic (exact) mass is 361 g/mol. The van der Waals surface area contributed by atoms with E-state index >= 15 is 0 Å². The molecule has 0 aliphatic rings. The Morgan fingerprint density at radius 1 is 1.08 bits per heavy atom. The number of carbonyl (C=O) groups is 1. The van der Waals surface area contributed by atoms with Crippen molar-refractivity contribution in [3.05, 3.63) is 65.7 Å². The maximum atomic E-state index is 12.7. The standard InChI is InChI=1S/C19H23NO4S/c1-14-9-11-17(12-10-14)25(22,23)20-18(13-15(2)19(21)24-3)16-7-5-4-6-8-16/h4-12,15,18,20H,13H2,1-3H3/t15-,18+/m0/s1. The van der Waals surface area contributed by atoms with Crippen molar-refractivity contribution in [2.45, 2.75) is 31.2 Å². The van der Waals surface area contributed by atoms with Gasteiger partial charge in [-0.3, -0.25) is 4.79 Å². The number of benzene rings is 2. The van der Waals surface area contributed by atoms with E-state index in [9.17, 15) is 13.2 Å². The first-order valence-electron chi connectivity index (χ1n) is 8.05. The van der Waals surface area contributed by atoms with Crippen LogP contribution in [-0.2, 0) is 19.6 Å². The molecular weight excluding hydrogens is 338 g/mol. The molecule has 0 aromatic heterocycles. The second kappa shape index (κ2) is 8.27. The number of carbonyl (C=O) groups excluding carboxylic acids is 1. The second-order valence-electron chi connectivity index (χ2n) is 6.06. The zero-order valence-electron chi connectivity index (χ0n) is 14.6. The summed E-state index contributed by atoms with van der Waals surface area (Å²) in [4.78, 5) is 12.0. The van der Waals surface area contributed by atoms with Crippen LogP contribution in [0.15, 0.2) is 59.5 Å². The number of sulfonamides is 1. The smallest absolute Gasteiger partial charge is 0.308 e. The third-order valence-electron chi connectivity index (χ3n) is 4.02. The molecule has 0 radical (unpaired) electrons. The Morgan fingerprint density at radius 2 is 1.68 bits per heavy atom. The molecule has 0 fully saturated rings. The van der Waals surface area contributed by atoms with E-state index in [-0.39, 0.29) is 10.9 Å². The minimum absolute atomic E-state index is 0.199. The van der Waals surface area contributed by atoms with Gasteiger partial charge in [-0.1, -0.05) is 55.0 Å². The van der Waals surface area contributed by atoms with Gasteiger partial charge in [0.2, 0.25) is 10.0 Å². The molecule has 0 saturated heterocycles.